The summed E-state index contributed by atoms with van der Waals surface area (Å²) >= 11 is 5.91. The lowest BCUT2D eigenvalue weighted by molar-refractivity contribution is -0.137. The van der Waals surface area contributed by atoms with Crippen LogP contribution < -0.4 is 5.32 Å². The molecule has 0 radical (unpaired) electrons. The number of benzene rings is 1. The van der Waals surface area contributed by atoms with Gasteiger partial charge >= 0.3 is 6.18 Å². The van der Waals surface area contributed by atoms with E-state index in [1.807, 2.05) is 0 Å². The third-order valence-electron chi connectivity index (χ3n) is 2.98. The third-order valence-corrected chi connectivity index (χ3v) is 3.34. The summed E-state index contributed by atoms with van der Waals surface area (Å²) in [6.07, 6.45) is -4.34. The van der Waals surface area contributed by atoms with Crippen LogP contribution in [0.25, 0.3) is 0 Å². The predicted octanol–water partition coefficient (Wildman–Crippen LogP) is 2.76. The number of alkyl halides is 3. The van der Waals surface area contributed by atoms with E-state index in [0.29, 0.717) is 6.54 Å². The molecule has 1 aliphatic rings. The Balaban J connectivity index is 2.09. The molecule has 1 fully saturated rings. The Bertz CT molecular complexity index is 414. The summed E-state index contributed by atoms with van der Waals surface area (Å²) < 4.78 is 37.4. The number of hydrogen-bond acceptors (Lipinski definition) is 2. The largest absolute Gasteiger partial charge is 0.416 e. The first-order chi connectivity index (χ1) is 8.47. The number of halogens is 4. The molecule has 1 saturated heterocycles. The fourth-order valence-corrected chi connectivity index (χ4v) is 2.20. The molecule has 0 unspecified atom stereocenters. The van der Waals surface area contributed by atoms with Crippen LogP contribution in [0, 0.1) is 0 Å². The van der Waals surface area contributed by atoms with Crippen molar-refractivity contribution in [2.45, 2.75) is 12.7 Å². The maximum absolute atomic E-state index is 12.5. The van der Waals surface area contributed by atoms with E-state index in [1.54, 1.807) is 0 Å². The Hall–Kier alpha value is -0.780. The second-order valence-corrected chi connectivity index (χ2v) is 4.74. The molecular formula is C12H14ClF3N2. The summed E-state index contributed by atoms with van der Waals surface area (Å²) in [6.45, 7) is 4.17. The minimum Gasteiger partial charge on any atom is -0.314 e. The van der Waals surface area contributed by atoms with E-state index >= 15 is 0 Å². The molecule has 1 N–H and O–H groups in total. The zero-order valence-electron chi connectivity index (χ0n) is 9.73. The van der Waals surface area contributed by atoms with E-state index in [-0.39, 0.29) is 5.02 Å². The standard InChI is InChI=1S/C12H14ClF3N2/c13-11-7-10(12(14,15)16)2-1-9(11)8-18-5-3-17-4-6-18/h1-2,7,17H,3-6,8H2. The molecule has 0 amide bonds. The quantitative estimate of drug-likeness (QED) is 0.895. The van der Waals surface area contributed by atoms with Gasteiger partial charge in [-0.1, -0.05) is 17.7 Å². The van der Waals surface area contributed by atoms with Crippen LogP contribution in [-0.2, 0) is 12.7 Å². The van der Waals surface area contributed by atoms with Crippen molar-refractivity contribution >= 4 is 11.6 Å². The van der Waals surface area contributed by atoms with Crippen molar-refractivity contribution in [2.24, 2.45) is 0 Å². The highest BCUT2D eigenvalue weighted by Gasteiger charge is 2.30. The molecule has 0 aliphatic carbocycles. The number of rotatable bonds is 2. The van der Waals surface area contributed by atoms with Crippen molar-refractivity contribution in [2.75, 3.05) is 26.2 Å². The molecule has 2 rings (SSSR count). The smallest absolute Gasteiger partial charge is 0.314 e. The monoisotopic (exact) mass is 278 g/mol. The maximum atomic E-state index is 12.5. The summed E-state index contributed by atoms with van der Waals surface area (Å²) in [5.74, 6) is 0. The Morgan fingerprint density at radius 1 is 1.22 bits per heavy atom. The molecule has 1 aromatic carbocycles. The minimum absolute atomic E-state index is 0.184. The lowest BCUT2D eigenvalue weighted by Gasteiger charge is -2.27. The van der Waals surface area contributed by atoms with Crippen molar-refractivity contribution in [3.8, 4) is 0 Å². The summed E-state index contributed by atoms with van der Waals surface area (Å²) in [5, 5.41) is 3.40. The van der Waals surface area contributed by atoms with Crippen LogP contribution in [0.2, 0.25) is 5.02 Å². The molecule has 0 spiro atoms. The Morgan fingerprint density at radius 3 is 2.44 bits per heavy atom. The zero-order chi connectivity index (χ0) is 13.2. The van der Waals surface area contributed by atoms with Crippen LogP contribution in [0.15, 0.2) is 18.2 Å². The fourth-order valence-electron chi connectivity index (χ4n) is 1.96. The predicted molar refractivity (Wildman–Crippen MR) is 64.6 cm³/mol. The van der Waals surface area contributed by atoms with Crippen molar-refractivity contribution in [1.29, 1.82) is 0 Å². The highest BCUT2D eigenvalue weighted by atomic mass is 35.5. The fraction of sp³-hybridized carbons (Fsp3) is 0.500. The van der Waals surface area contributed by atoms with Gasteiger partial charge < -0.3 is 5.32 Å². The van der Waals surface area contributed by atoms with Gasteiger partial charge in [-0.15, -0.1) is 0 Å². The molecule has 0 saturated carbocycles. The van der Waals surface area contributed by atoms with Crippen molar-refractivity contribution in [3.63, 3.8) is 0 Å². The van der Waals surface area contributed by atoms with Gasteiger partial charge in [-0.3, -0.25) is 4.90 Å². The molecule has 18 heavy (non-hydrogen) atoms. The Labute approximate surface area is 109 Å². The van der Waals surface area contributed by atoms with Gasteiger partial charge in [0.2, 0.25) is 0 Å². The molecule has 0 atom stereocenters. The second kappa shape index (κ2) is 5.47. The van der Waals surface area contributed by atoms with Gasteiger partial charge in [0.15, 0.2) is 0 Å². The molecule has 100 valence electrons. The van der Waals surface area contributed by atoms with Gasteiger partial charge in [-0.2, -0.15) is 13.2 Å². The molecule has 0 aromatic heterocycles. The molecule has 1 heterocycles. The van der Waals surface area contributed by atoms with Crippen LogP contribution in [0.1, 0.15) is 11.1 Å². The number of nitrogens with one attached hydrogen (secondary N) is 1. The lowest BCUT2D eigenvalue weighted by Crippen LogP contribution is -2.42. The molecule has 2 nitrogen and oxygen atoms in total. The van der Waals surface area contributed by atoms with E-state index in [1.165, 1.54) is 6.07 Å². The van der Waals surface area contributed by atoms with Crippen molar-refractivity contribution in [3.05, 3.63) is 34.3 Å². The van der Waals surface area contributed by atoms with Gasteiger partial charge in [0, 0.05) is 37.7 Å². The average molecular weight is 279 g/mol. The van der Waals surface area contributed by atoms with Gasteiger partial charge in [0.1, 0.15) is 0 Å². The van der Waals surface area contributed by atoms with E-state index < -0.39 is 11.7 Å². The molecular weight excluding hydrogens is 265 g/mol. The molecule has 1 aromatic rings. The highest BCUT2D eigenvalue weighted by molar-refractivity contribution is 6.31. The van der Waals surface area contributed by atoms with Gasteiger partial charge in [-0.25, -0.2) is 0 Å². The third kappa shape index (κ3) is 3.37. The molecule has 0 bridgehead atoms. The van der Waals surface area contributed by atoms with E-state index in [0.717, 1.165) is 43.9 Å². The number of nitrogens with zero attached hydrogens (tertiary/aromatic N) is 1. The lowest BCUT2D eigenvalue weighted by atomic mass is 10.1. The SMILES string of the molecule is FC(F)(F)c1ccc(CN2CCNCC2)c(Cl)c1. The number of piperazine rings is 1. The Kier molecular flexibility index (Phi) is 4.14. The van der Waals surface area contributed by atoms with Gasteiger partial charge in [-0.05, 0) is 17.7 Å². The van der Waals surface area contributed by atoms with E-state index in [9.17, 15) is 13.2 Å². The summed E-state index contributed by atoms with van der Waals surface area (Å²) in [4.78, 5) is 2.17. The van der Waals surface area contributed by atoms with Crippen LogP contribution >= 0.6 is 11.6 Å². The van der Waals surface area contributed by atoms with Crippen LogP contribution in [0.4, 0.5) is 13.2 Å². The van der Waals surface area contributed by atoms with Gasteiger partial charge in [0.25, 0.3) is 0 Å². The number of hydrogen-bond donors (Lipinski definition) is 1. The van der Waals surface area contributed by atoms with Crippen molar-refractivity contribution in [1.82, 2.24) is 10.2 Å². The highest BCUT2D eigenvalue weighted by Crippen LogP contribution is 2.32. The average Bonchev–Trinajstić information content (AvgIpc) is 2.32. The van der Waals surface area contributed by atoms with Crippen molar-refractivity contribution < 1.29 is 13.2 Å². The second-order valence-electron chi connectivity index (χ2n) is 4.33. The Morgan fingerprint density at radius 2 is 1.89 bits per heavy atom. The maximum Gasteiger partial charge on any atom is 0.416 e. The first-order valence-electron chi connectivity index (χ1n) is 5.75. The zero-order valence-corrected chi connectivity index (χ0v) is 10.5. The molecule has 1 aliphatic heterocycles. The summed E-state index contributed by atoms with van der Waals surface area (Å²) in [7, 11) is 0. The summed E-state index contributed by atoms with van der Waals surface area (Å²) in [6, 6.07) is 3.55. The topological polar surface area (TPSA) is 15.3 Å². The molecule has 6 heteroatoms. The van der Waals surface area contributed by atoms with Gasteiger partial charge in [0.05, 0.1) is 5.56 Å². The van der Waals surface area contributed by atoms with E-state index in [4.69, 9.17) is 11.6 Å². The van der Waals surface area contributed by atoms with Crippen LogP contribution in [-0.4, -0.2) is 31.1 Å². The van der Waals surface area contributed by atoms with Crippen LogP contribution in [0.3, 0.4) is 0 Å². The normalized spacial score (nSPS) is 18.0. The first kappa shape index (κ1) is 13.6. The first-order valence-corrected chi connectivity index (χ1v) is 6.13. The van der Waals surface area contributed by atoms with E-state index in [2.05, 4.69) is 10.2 Å². The van der Waals surface area contributed by atoms with Crippen LogP contribution in [0.5, 0.6) is 0 Å². The summed E-state index contributed by atoms with van der Waals surface area (Å²) in [5.41, 5.74) is 0.0446. The minimum atomic E-state index is -4.34.